The highest BCUT2D eigenvalue weighted by molar-refractivity contribution is 5.53. The zero-order chi connectivity index (χ0) is 15.6. The van der Waals surface area contributed by atoms with E-state index in [0.717, 1.165) is 55.2 Å². The van der Waals surface area contributed by atoms with Gasteiger partial charge in [-0.3, -0.25) is 0 Å². The summed E-state index contributed by atoms with van der Waals surface area (Å²) in [5, 5.41) is 3.40. The largest absolute Gasteiger partial charge is 0.496 e. The first-order valence-electron chi connectivity index (χ1n) is 7.98. The van der Waals surface area contributed by atoms with Gasteiger partial charge < -0.3 is 24.3 Å². The third kappa shape index (κ3) is 2.75. The molecule has 1 unspecified atom stereocenters. The molecule has 0 aromatic heterocycles. The number of methoxy groups -OCH3 is 2. The smallest absolute Gasteiger partial charge is 0.133 e. The fourth-order valence-electron chi connectivity index (χ4n) is 3.51. The van der Waals surface area contributed by atoms with Crippen LogP contribution < -0.4 is 19.5 Å². The Morgan fingerprint density at radius 2 is 2.00 bits per heavy atom. The first-order chi connectivity index (χ1) is 10.7. The lowest BCUT2D eigenvalue weighted by molar-refractivity contribution is -0.0600. The van der Waals surface area contributed by atoms with Crippen LogP contribution in [0.5, 0.6) is 17.2 Å². The van der Waals surface area contributed by atoms with Crippen molar-refractivity contribution in [1.29, 1.82) is 0 Å². The van der Waals surface area contributed by atoms with Gasteiger partial charge in [-0.1, -0.05) is 0 Å². The predicted octanol–water partition coefficient (Wildman–Crippen LogP) is 2.69. The number of benzene rings is 1. The van der Waals surface area contributed by atoms with Gasteiger partial charge in [0.2, 0.25) is 0 Å². The number of fused-ring (bicyclic) bond motifs is 1. The Kier molecular flexibility index (Phi) is 4.45. The lowest BCUT2D eigenvalue weighted by Crippen LogP contribution is -2.49. The number of hydrogen-bond acceptors (Lipinski definition) is 5. The summed E-state index contributed by atoms with van der Waals surface area (Å²) >= 11 is 0. The van der Waals surface area contributed by atoms with E-state index in [0.29, 0.717) is 6.61 Å². The maximum absolute atomic E-state index is 6.44. The van der Waals surface area contributed by atoms with Crippen molar-refractivity contribution >= 4 is 0 Å². The zero-order valence-corrected chi connectivity index (χ0v) is 13.6. The third-order valence-electron chi connectivity index (χ3n) is 4.62. The van der Waals surface area contributed by atoms with E-state index >= 15 is 0 Å². The summed E-state index contributed by atoms with van der Waals surface area (Å²) < 4.78 is 23.4. The first-order valence-corrected chi connectivity index (χ1v) is 7.98. The van der Waals surface area contributed by atoms with Crippen molar-refractivity contribution in [3.8, 4) is 17.2 Å². The van der Waals surface area contributed by atoms with Crippen LogP contribution in [-0.2, 0) is 4.74 Å². The van der Waals surface area contributed by atoms with Crippen LogP contribution in [0, 0.1) is 0 Å². The predicted molar refractivity (Wildman–Crippen MR) is 84.0 cm³/mol. The molecule has 0 radical (unpaired) electrons. The second-order valence-corrected chi connectivity index (χ2v) is 5.92. The van der Waals surface area contributed by atoms with Crippen molar-refractivity contribution in [3.05, 3.63) is 17.7 Å². The average molecular weight is 307 g/mol. The van der Waals surface area contributed by atoms with Crippen LogP contribution in [-0.4, -0.2) is 39.5 Å². The normalized spacial score (nSPS) is 22.8. The fourth-order valence-corrected chi connectivity index (χ4v) is 3.51. The van der Waals surface area contributed by atoms with Gasteiger partial charge in [-0.25, -0.2) is 0 Å². The lowest BCUT2D eigenvalue weighted by atomic mass is 9.82. The standard InChI is InChI=1S/C17H25NO4/c1-4-21-15-11-17(5-7-18-8-6-17)22-14-10-12(19-2)9-13(20-3)16(14)15/h9-10,15,18H,4-8,11H2,1-3H3. The molecule has 0 amide bonds. The van der Waals surface area contributed by atoms with Crippen molar-refractivity contribution < 1.29 is 18.9 Å². The van der Waals surface area contributed by atoms with Crippen molar-refractivity contribution in [1.82, 2.24) is 5.32 Å². The monoisotopic (exact) mass is 307 g/mol. The van der Waals surface area contributed by atoms with Crippen LogP contribution in [0.15, 0.2) is 12.1 Å². The maximum atomic E-state index is 6.44. The van der Waals surface area contributed by atoms with Crippen molar-refractivity contribution in [2.24, 2.45) is 0 Å². The Hall–Kier alpha value is -1.46. The van der Waals surface area contributed by atoms with Gasteiger partial charge >= 0.3 is 0 Å². The molecule has 122 valence electrons. The Labute approximate surface area is 131 Å². The van der Waals surface area contributed by atoms with Crippen LogP contribution in [0.3, 0.4) is 0 Å². The van der Waals surface area contributed by atoms with Crippen LogP contribution in [0.1, 0.15) is 37.9 Å². The molecular weight excluding hydrogens is 282 g/mol. The molecule has 22 heavy (non-hydrogen) atoms. The van der Waals surface area contributed by atoms with Gasteiger partial charge in [-0.2, -0.15) is 0 Å². The molecular formula is C17H25NO4. The van der Waals surface area contributed by atoms with Crippen molar-refractivity contribution in [2.75, 3.05) is 33.9 Å². The summed E-state index contributed by atoms with van der Waals surface area (Å²) in [6, 6.07) is 3.85. The number of piperidine rings is 1. The van der Waals surface area contributed by atoms with Gasteiger partial charge in [-0.15, -0.1) is 0 Å². The molecule has 1 atom stereocenters. The molecule has 0 bridgehead atoms. The van der Waals surface area contributed by atoms with Crippen LogP contribution in [0.2, 0.25) is 0 Å². The molecule has 1 fully saturated rings. The van der Waals surface area contributed by atoms with Gasteiger partial charge in [0.15, 0.2) is 0 Å². The van der Waals surface area contributed by atoms with Crippen LogP contribution >= 0.6 is 0 Å². The molecule has 5 nitrogen and oxygen atoms in total. The summed E-state index contributed by atoms with van der Waals surface area (Å²) in [5.41, 5.74) is 0.865. The van der Waals surface area contributed by atoms with E-state index in [1.165, 1.54) is 0 Å². The Morgan fingerprint density at radius 1 is 1.23 bits per heavy atom. The summed E-state index contributed by atoms with van der Waals surface area (Å²) in [4.78, 5) is 0. The van der Waals surface area contributed by atoms with Gasteiger partial charge in [-0.05, 0) is 32.9 Å². The highest BCUT2D eigenvalue weighted by Gasteiger charge is 2.43. The molecule has 1 aromatic rings. The molecule has 1 aromatic carbocycles. The Balaban J connectivity index is 2.03. The summed E-state index contributed by atoms with van der Waals surface area (Å²) in [7, 11) is 3.33. The lowest BCUT2D eigenvalue weighted by Gasteiger charge is -2.44. The number of ether oxygens (including phenoxy) is 4. The topological polar surface area (TPSA) is 49.0 Å². The van der Waals surface area contributed by atoms with Gasteiger partial charge in [0.1, 0.15) is 22.8 Å². The fraction of sp³-hybridized carbons (Fsp3) is 0.647. The molecule has 3 rings (SSSR count). The van der Waals surface area contributed by atoms with Gasteiger partial charge in [0.25, 0.3) is 0 Å². The Morgan fingerprint density at radius 3 is 2.64 bits per heavy atom. The molecule has 2 aliphatic heterocycles. The van der Waals surface area contributed by atoms with E-state index in [1.54, 1.807) is 14.2 Å². The van der Waals surface area contributed by atoms with Crippen LogP contribution in [0.25, 0.3) is 0 Å². The highest BCUT2D eigenvalue weighted by Crippen LogP contribution is 2.50. The maximum Gasteiger partial charge on any atom is 0.133 e. The summed E-state index contributed by atoms with van der Waals surface area (Å²) in [6.45, 7) is 4.67. The zero-order valence-electron chi connectivity index (χ0n) is 13.6. The highest BCUT2D eigenvalue weighted by atomic mass is 16.5. The van der Waals surface area contributed by atoms with Gasteiger partial charge in [0, 0.05) is 25.2 Å². The molecule has 2 heterocycles. The molecule has 0 aliphatic carbocycles. The molecule has 1 spiro atoms. The number of nitrogens with one attached hydrogen (secondary N) is 1. The average Bonchev–Trinajstić information content (AvgIpc) is 2.54. The molecule has 0 saturated carbocycles. The van der Waals surface area contributed by atoms with E-state index in [1.807, 2.05) is 19.1 Å². The first kappa shape index (κ1) is 15.4. The quantitative estimate of drug-likeness (QED) is 0.927. The molecule has 1 N–H and O–H groups in total. The second-order valence-electron chi connectivity index (χ2n) is 5.92. The van der Waals surface area contributed by atoms with Crippen LogP contribution in [0.4, 0.5) is 0 Å². The Bertz CT molecular complexity index is 526. The second kappa shape index (κ2) is 6.34. The van der Waals surface area contributed by atoms with Gasteiger partial charge in [0.05, 0.1) is 25.9 Å². The third-order valence-corrected chi connectivity index (χ3v) is 4.62. The minimum absolute atomic E-state index is 0.00714. The van der Waals surface area contributed by atoms with E-state index in [2.05, 4.69) is 5.32 Å². The minimum Gasteiger partial charge on any atom is -0.496 e. The molecule has 1 saturated heterocycles. The van der Waals surface area contributed by atoms with Crippen molar-refractivity contribution in [3.63, 3.8) is 0 Å². The van der Waals surface area contributed by atoms with E-state index in [-0.39, 0.29) is 11.7 Å². The molecule has 2 aliphatic rings. The minimum atomic E-state index is -0.143. The number of rotatable bonds is 4. The summed E-state index contributed by atoms with van der Waals surface area (Å²) in [5.74, 6) is 2.36. The number of hydrogen-bond donors (Lipinski definition) is 1. The van der Waals surface area contributed by atoms with E-state index in [9.17, 15) is 0 Å². The van der Waals surface area contributed by atoms with E-state index in [4.69, 9.17) is 18.9 Å². The summed E-state index contributed by atoms with van der Waals surface area (Å²) in [6.07, 6.45) is 2.87. The molecule has 5 heteroatoms. The SMILES string of the molecule is CCOC1CC2(CCNCC2)Oc2cc(OC)cc(OC)c21. The van der Waals surface area contributed by atoms with E-state index < -0.39 is 0 Å². The van der Waals surface area contributed by atoms with Crippen molar-refractivity contribution in [2.45, 2.75) is 37.9 Å².